The van der Waals surface area contributed by atoms with Gasteiger partial charge in [0.1, 0.15) is 5.92 Å². The van der Waals surface area contributed by atoms with Crippen molar-refractivity contribution in [1.29, 1.82) is 0 Å². The molecular weight excluding hydrogens is 422 g/mol. The minimum atomic E-state index is -0.651. The van der Waals surface area contributed by atoms with E-state index in [0.29, 0.717) is 18.8 Å². The second-order valence-electron chi connectivity index (χ2n) is 6.97. The Morgan fingerprint density at radius 2 is 2.17 bits per heavy atom. The smallest absolute Gasteiger partial charge is 0.234 e. The second kappa shape index (κ2) is 7.95. The number of pyridine rings is 1. The van der Waals surface area contributed by atoms with Gasteiger partial charge >= 0.3 is 0 Å². The molecule has 4 heterocycles. The zero-order valence-corrected chi connectivity index (χ0v) is 17.8. The quantitative estimate of drug-likeness (QED) is 0.442. The third kappa shape index (κ3) is 3.56. The highest BCUT2D eigenvalue weighted by atomic mass is 32.2. The van der Waals surface area contributed by atoms with Crippen molar-refractivity contribution in [3.05, 3.63) is 65.7 Å². The minimum Gasteiger partial charge on any atom is -0.395 e. The van der Waals surface area contributed by atoms with Gasteiger partial charge in [-0.1, -0.05) is 6.07 Å². The van der Waals surface area contributed by atoms with Crippen LogP contribution in [0.3, 0.4) is 0 Å². The highest BCUT2D eigenvalue weighted by molar-refractivity contribution is 7.97. The molecule has 0 aliphatic carbocycles. The first-order chi connectivity index (χ1) is 14.7. The fraction of sp³-hybridized carbons (Fsp3) is 0.250. The molecule has 1 unspecified atom stereocenters. The molecule has 2 aliphatic rings. The number of benzene rings is 1. The molecule has 1 N–H and O–H groups in total. The molecule has 10 heteroatoms. The molecule has 1 atom stereocenters. The van der Waals surface area contributed by atoms with E-state index in [-0.39, 0.29) is 12.5 Å². The lowest BCUT2D eigenvalue weighted by Crippen LogP contribution is -2.33. The first kappa shape index (κ1) is 19.4. The number of aliphatic hydroxyl groups is 1. The molecule has 8 nitrogen and oxygen atoms in total. The number of hydrogen-bond donors (Lipinski definition) is 1. The molecule has 1 aromatic carbocycles. The van der Waals surface area contributed by atoms with E-state index in [2.05, 4.69) is 16.1 Å². The van der Waals surface area contributed by atoms with Crippen LogP contribution in [0.25, 0.3) is 0 Å². The number of amides is 1. The summed E-state index contributed by atoms with van der Waals surface area (Å²) in [6.45, 7) is 0.650. The number of carbonyl (C=O) groups excluding carboxylic acids is 1. The zero-order chi connectivity index (χ0) is 20.7. The lowest BCUT2D eigenvalue weighted by molar-refractivity contribution is -0.134. The molecule has 30 heavy (non-hydrogen) atoms. The fourth-order valence-electron chi connectivity index (χ4n) is 3.55. The maximum absolute atomic E-state index is 12.9. The Morgan fingerprint density at radius 3 is 2.90 bits per heavy atom. The molecule has 0 fully saturated rings. The van der Waals surface area contributed by atoms with Crippen molar-refractivity contribution in [3.63, 3.8) is 0 Å². The highest BCUT2D eigenvalue weighted by Gasteiger charge is 2.33. The van der Waals surface area contributed by atoms with Crippen LogP contribution in [0.1, 0.15) is 22.9 Å². The Bertz CT molecular complexity index is 1070. The number of aliphatic hydroxyl groups excluding tert-OH is 1. The van der Waals surface area contributed by atoms with Crippen LogP contribution in [-0.2, 0) is 22.2 Å². The lowest BCUT2D eigenvalue weighted by atomic mass is 10.0. The maximum atomic E-state index is 12.9. The zero-order valence-electron chi connectivity index (χ0n) is 16.1. The summed E-state index contributed by atoms with van der Waals surface area (Å²) in [5, 5.41) is 16.2. The molecule has 5 rings (SSSR count). The summed E-state index contributed by atoms with van der Waals surface area (Å²) in [7, 11) is 0. The Morgan fingerprint density at radius 1 is 1.27 bits per heavy atom. The van der Waals surface area contributed by atoms with E-state index in [4.69, 9.17) is 4.28 Å². The average Bonchev–Trinajstić information content (AvgIpc) is 3.07. The predicted molar refractivity (Wildman–Crippen MR) is 115 cm³/mol. The van der Waals surface area contributed by atoms with E-state index in [1.807, 2.05) is 34.7 Å². The second-order valence-corrected chi connectivity index (χ2v) is 8.48. The molecule has 154 valence electrons. The maximum Gasteiger partial charge on any atom is 0.234 e. The van der Waals surface area contributed by atoms with Crippen molar-refractivity contribution in [3.8, 4) is 0 Å². The van der Waals surface area contributed by atoms with Gasteiger partial charge in [-0.05, 0) is 30.3 Å². The number of fused-ring (bicyclic) bond motifs is 2. The van der Waals surface area contributed by atoms with Crippen molar-refractivity contribution in [2.75, 3.05) is 17.9 Å². The molecule has 3 aromatic rings. The van der Waals surface area contributed by atoms with Gasteiger partial charge in [-0.15, -0.1) is 0 Å². The van der Waals surface area contributed by atoms with Gasteiger partial charge in [-0.25, -0.2) is 9.15 Å². The van der Waals surface area contributed by atoms with Crippen LogP contribution in [-0.4, -0.2) is 42.9 Å². The third-order valence-electron chi connectivity index (χ3n) is 5.08. The van der Waals surface area contributed by atoms with Gasteiger partial charge in [0.25, 0.3) is 0 Å². The van der Waals surface area contributed by atoms with Crippen LogP contribution < -0.4 is 5.06 Å². The van der Waals surface area contributed by atoms with Crippen molar-refractivity contribution in [2.24, 2.45) is 0 Å². The normalized spacial score (nSPS) is 15.1. The van der Waals surface area contributed by atoms with E-state index < -0.39 is 5.92 Å². The number of anilines is 2. The Balaban J connectivity index is 1.24. The topological polar surface area (TPSA) is 83.5 Å². The van der Waals surface area contributed by atoms with Gasteiger partial charge in [0.05, 0.1) is 35.9 Å². The van der Waals surface area contributed by atoms with Gasteiger partial charge in [0, 0.05) is 59.6 Å². The largest absolute Gasteiger partial charge is 0.395 e. The van der Waals surface area contributed by atoms with Crippen molar-refractivity contribution in [2.45, 2.75) is 23.9 Å². The summed E-state index contributed by atoms with van der Waals surface area (Å²) in [6, 6.07) is 11.5. The summed E-state index contributed by atoms with van der Waals surface area (Å²) in [5.41, 5.74) is 4.63. The molecule has 1 amide bonds. The first-order valence-corrected chi connectivity index (χ1v) is 11.3. The van der Waals surface area contributed by atoms with Crippen molar-refractivity contribution < 1.29 is 14.2 Å². The summed E-state index contributed by atoms with van der Waals surface area (Å²) < 4.78 is 7.26. The van der Waals surface area contributed by atoms with E-state index in [1.54, 1.807) is 28.3 Å². The minimum absolute atomic E-state index is 0.131. The summed E-state index contributed by atoms with van der Waals surface area (Å²) in [5.74, 6) is -0.782. The Hall–Kier alpha value is -2.53. The molecule has 0 radical (unpaired) electrons. The SMILES string of the molecule is CSON1c2ccc(Sn3cc4c(n3)CN(C(=O)C(CO)c3ccccn3)C4)cc21. The standard InChI is InChI=1S/C20H19N5O3S2/c1-29-28-25-18-6-5-14(8-19(18)25)30-24-10-13-9-23(11-17(13)22-24)20(27)15(12-26)16-4-2-3-7-21-16/h2-8,10,15,26H,9,11-12H2,1H3. The fourth-order valence-corrected chi connectivity index (χ4v) is 4.69. The van der Waals surface area contributed by atoms with Gasteiger partial charge < -0.3 is 10.0 Å². The molecule has 2 aliphatic heterocycles. The van der Waals surface area contributed by atoms with E-state index in [1.165, 1.54) is 24.0 Å². The first-order valence-electron chi connectivity index (χ1n) is 9.39. The van der Waals surface area contributed by atoms with Gasteiger partial charge in [0.2, 0.25) is 5.91 Å². The van der Waals surface area contributed by atoms with Crippen LogP contribution in [0.2, 0.25) is 0 Å². The molecule has 2 aromatic heterocycles. The van der Waals surface area contributed by atoms with Gasteiger partial charge in [-0.3, -0.25) is 9.78 Å². The van der Waals surface area contributed by atoms with E-state index >= 15 is 0 Å². The number of carbonyl (C=O) groups is 1. The third-order valence-corrected chi connectivity index (χ3v) is 6.21. The van der Waals surface area contributed by atoms with Crippen LogP contribution >= 0.6 is 24.0 Å². The number of nitrogens with zero attached hydrogens (tertiary/aromatic N) is 5. The predicted octanol–water partition coefficient (Wildman–Crippen LogP) is 3.11. The number of rotatable bonds is 7. The summed E-state index contributed by atoms with van der Waals surface area (Å²) >= 11 is 2.83. The monoisotopic (exact) mass is 441 g/mol. The lowest BCUT2D eigenvalue weighted by Gasteiger charge is -2.21. The molecule has 0 saturated carbocycles. The van der Waals surface area contributed by atoms with E-state index in [0.717, 1.165) is 27.5 Å². The summed E-state index contributed by atoms with van der Waals surface area (Å²) in [6.07, 6.45) is 5.48. The van der Waals surface area contributed by atoms with Crippen LogP contribution in [0.15, 0.2) is 53.7 Å². The molecular formula is C20H19N5O3S2. The number of hydrogen-bond acceptors (Lipinski definition) is 8. The van der Waals surface area contributed by atoms with E-state index in [9.17, 15) is 9.90 Å². The van der Waals surface area contributed by atoms with Crippen LogP contribution in [0, 0.1) is 0 Å². The molecule has 0 saturated heterocycles. The van der Waals surface area contributed by atoms with Gasteiger partial charge in [-0.2, -0.15) is 9.38 Å². The van der Waals surface area contributed by atoms with Crippen molar-refractivity contribution in [1.82, 2.24) is 19.1 Å². The Labute approximate surface area is 182 Å². The number of aromatic nitrogens is 3. The van der Waals surface area contributed by atoms with Crippen molar-refractivity contribution >= 4 is 41.3 Å². The summed E-state index contributed by atoms with van der Waals surface area (Å²) in [4.78, 5) is 19.9. The van der Waals surface area contributed by atoms with Crippen LogP contribution in [0.4, 0.5) is 11.4 Å². The van der Waals surface area contributed by atoms with Crippen LogP contribution in [0.5, 0.6) is 0 Å². The average molecular weight is 442 g/mol. The highest BCUT2D eigenvalue weighted by Crippen LogP contribution is 2.50. The Kier molecular flexibility index (Phi) is 5.15. The molecule has 0 spiro atoms. The van der Waals surface area contributed by atoms with Gasteiger partial charge in [0.15, 0.2) is 0 Å². The molecule has 0 bridgehead atoms.